The molecule has 0 saturated carbocycles. The zero-order chi connectivity index (χ0) is 20.0. The quantitative estimate of drug-likeness (QED) is 0.320. The first-order valence-electron chi connectivity index (χ1n) is 8.71. The second-order valence-electron chi connectivity index (χ2n) is 6.48. The summed E-state index contributed by atoms with van der Waals surface area (Å²) in [6.07, 6.45) is 5.29. The average Bonchev–Trinajstić information content (AvgIpc) is 3.39. The second kappa shape index (κ2) is 6.44. The highest BCUT2D eigenvalue weighted by Gasteiger charge is 2.21. The molecule has 4 aromatic rings. The number of nitrogens with two attached hydrogens (primary N) is 1. The average molecular weight is 390 g/mol. The zero-order valence-electron chi connectivity index (χ0n) is 15.0. The Labute approximate surface area is 163 Å². The number of nitrogen functional groups attached to an aromatic ring is 1. The molecule has 10 nitrogen and oxygen atoms in total. The van der Waals surface area contributed by atoms with Crippen molar-refractivity contribution in [2.24, 2.45) is 0 Å². The number of nitro benzene ring substituents is 1. The third-order valence-electron chi connectivity index (χ3n) is 4.77. The van der Waals surface area contributed by atoms with Gasteiger partial charge in [-0.3, -0.25) is 14.7 Å². The summed E-state index contributed by atoms with van der Waals surface area (Å²) in [4.78, 5) is 14.9. The number of nitrogens with zero attached hydrogens (tertiary/aromatic N) is 5. The predicted octanol–water partition coefficient (Wildman–Crippen LogP) is 2.63. The molecule has 0 unspecified atom stereocenters. The fourth-order valence-corrected chi connectivity index (χ4v) is 3.42. The van der Waals surface area contributed by atoms with E-state index in [0.717, 1.165) is 5.56 Å². The number of fused-ring (bicyclic) bond motifs is 2. The lowest BCUT2D eigenvalue weighted by molar-refractivity contribution is -0.383. The van der Waals surface area contributed by atoms with Crippen LogP contribution in [0.25, 0.3) is 16.6 Å². The van der Waals surface area contributed by atoms with E-state index in [1.54, 1.807) is 29.4 Å². The van der Waals surface area contributed by atoms with E-state index in [1.807, 2.05) is 18.2 Å². The summed E-state index contributed by atoms with van der Waals surface area (Å²) in [6.45, 7) is 0.181. The summed E-state index contributed by atoms with van der Waals surface area (Å²) in [5.41, 5.74) is 7.52. The number of ether oxygens (including phenoxy) is 2. The number of rotatable bonds is 4. The Morgan fingerprint density at radius 1 is 1.17 bits per heavy atom. The van der Waals surface area contributed by atoms with Crippen LogP contribution in [0, 0.1) is 10.1 Å². The Morgan fingerprint density at radius 2 is 2.03 bits per heavy atom. The SMILES string of the molecule is Nc1c([N+](=O)[O-])ccc2c(-n3ccnc3)nnc(Cc3ccc4c(c3)OCO4)c12. The first-order valence-corrected chi connectivity index (χ1v) is 8.71. The molecule has 2 N–H and O–H groups in total. The molecule has 0 atom stereocenters. The minimum Gasteiger partial charge on any atom is -0.454 e. The van der Waals surface area contributed by atoms with Gasteiger partial charge in [0, 0.05) is 35.7 Å². The van der Waals surface area contributed by atoms with Crippen molar-refractivity contribution in [1.82, 2.24) is 19.7 Å². The zero-order valence-corrected chi connectivity index (χ0v) is 15.0. The number of nitro groups is 1. The summed E-state index contributed by atoms with van der Waals surface area (Å²) in [6, 6.07) is 8.57. The molecular weight excluding hydrogens is 376 g/mol. The van der Waals surface area contributed by atoms with Gasteiger partial charge in [-0.2, -0.15) is 5.10 Å². The molecule has 2 aromatic heterocycles. The molecule has 1 aliphatic rings. The maximum atomic E-state index is 11.4. The van der Waals surface area contributed by atoms with Crippen LogP contribution in [0.4, 0.5) is 11.4 Å². The third-order valence-corrected chi connectivity index (χ3v) is 4.77. The molecule has 0 fully saturated rings. The number of anilines is 1. The maximum absolute atomic E-state index is 11.4. The summed E-state index contributed by atoms with van der Waals surface area (Å²) in [7, 11) is 0. The van der Waals surface area contributed by atoms with Crippen molar-refractivity contribution < 1.29 is 14.4 Å². The minimum atomic E-state index is -0.504. The fourth-order valence-electron chi connectivity index (χ4n) is 3.42. The van der Waals surface area contributed by atoms with E-state index in [4.69, 9.17) is 15.2 Å². The van der Waals surface area contributed by atoms with Crippen LogP contribution in [0.5, 0.6) is 11.5 Å². The van der Waals surface area contributed by atoms with Crippen molar-refractivity contribution in [2.45, 2.75) is 6.42 Å². The van der Waals surface area contributed by atoms with Crippen molar-refractivity contribution >= 4 is 22.1 Å². The number of benzene rings is 2. The molecule has 0 amide bonds. The van der Waals surface area contributed by atoms with Gasteiger partial charge in [0.15, 0.2) is 17.3 Å². The largest absolute Gasteiger partial charge is 0.454 e. The highest BCUT2D eigenvalue weighted by molar-refractivity contribution is 6.02. The Bertz CT molecular complexity index is 1260. The molecule has 5 rings (SSSR count). The summed E-state index contributed by atoms with van der Waals surface area (Å²) < 4.78 is 12.4. The van der Waals surface area contributed by atoms with E-state index in [2.05, 4.69) is 15.2 Å². The third kappa shape index (κ3) is 2.78. The Hall–Kier alpha value is -4.21. The first kappa shape index (κ1) is 16.9. The smallest absolute Gasteiger partial charge is 0.292 e. The molecule has 2 aromatic carbocycles. The van der Waals surface area contributed by atoms with Crippen LogP contribution in [0.15, 0.2) is 49.1 Å². The number of aromatic nitrogens is 4. The van der Waals surface area contributed by atoms with Crippen molar-refractivity contribution in [3.8, 4) is 17.3 Å². The predicted molar refractivity (Wildman–Crippen MR) is 103 cm³/mol. The lowest BCUT2D eigenvalue weighted by Crippen LogP contribution is -2.06. The monoisotopic (exact) mass is 390 g/mol. The second-order valence-corrected chi connectivity index (χ2v) is 6.48. The van der Waals surface area contributed by atoms with Crippen LogP contribution in [0.2, 0.25) is 0 Å². The maximum Gasteiger partial charge on any atom is 0.292 e. The molecule has 144 valence electrons. The summed E-state index contributed by atoms with van der Waals surface area (Å²) >= 11 is 0. The van der Waals surface area contributed by atoms with Crippen LogP contribution in [0.3, 0.4) is 0 Å². The van der Waals surface area contributed by atoms with E-state index in [0.29, 0.717) is 40.2 Å². The molecule has 0 radical (unpaired) electrons. The van der Waals surface area contributed by atoms with E-state index < -0.39 is 4.92 Å². The van der Waals surface area contributed by atoms with Crippen molar-refractivity contribution in [3.05, 3.63) is 70.4 Å². The highest BCUT2D eigenvalue weighted by atomic mass is 16.7. The van der Waals surface area contributed by atoms with Crippen LogP contribution in [0.1, 0.15) is 11.3 Å². The highest BCUT2D eigenvalue weighted by Crippen LogP contribution is 2.37. The van der Waals surface area contributed by atoms with Crippen molar-refractivity contribution in [2.75, 3.05) is 12.5 Å². The van der Waals surface area contributed by atoms with Gasteiger partial charge in [0.1, 0.15) is 12.0 Å². The normalized spacial score (nSPS) is 12.4. The lowest BCUT2D eigenvalue weighted by Gasteiger charge is -2.12. The molecule has 3 heterocycles. The first-order chi connectivity index (χ1) is 14.1. The molecule has 0 bridgehead atoms. The van der Waals surface area contributed by atoms with Crippen LogP contribution < -0.4 is 15.2 Å². The van der Waals surface area contributed by atoms with E-state index in [1.165, 1.54) is 6.07 Å². The fraction of sp³-hybridized carbons (Fsp3) is 0.105. The lowest BCUT2D eigenvalue weighted by atomic mass is 10.0. The Morgan fingerprint density at radius 3 is 2.83 bits per heavy atom. The van der Waals surface area contributed by atoms with Gasteiger partial charge in [0.25, 0.3) is 5.69 Å². The van der Waals surface area contributed by atoms with Gasteiger partial charge in [-0.25, -0.2) is 4.98 Å². The Kier molecular flexibility index (Phi) is 3.76. The summed E-state index contributed by atoms with van der Waals surface area (Å²) in [5.74, 6) is 1.82. The van der Waals surface area contributed by atoms with E-state index in [-0.39, 0.29) is 18.2 Å². The van der Waals surface area contributed by atoms with Gasteiger partial charge in [-0.15, -0.1) is 5.10 Å². The van der Waals surface area contributed by atoms with Crippen molar-refractivity contribution in [1.29, 1.82) is 0 Å². The van der Waals surface area contributed by atoms with Gasteiger partial charge in [-0.1, -0.05) is 6.07 Å². The van der Waals surface area contributed by atoms with Crippen LogP contribution in [-0.4, -0.2) is 31.5 Å². The van der Waals surface area contributed by atoms with Gasteiger partial charge >= 0.3 is 0 Å². The molecule has 0 aliphatic carbocycles. The topological polar surface area (TPSA) is 131 Å². The number of hydrogen-bond acceptors (Lipinski definition) is 8. The van der Waals surface area contributed by atoms with Gasteiger partial charge in [0.05, 0.1) is 10.6 Å². The van der Waals surface area contributed by atoms with Crippen LogP contribution >= 0.6 is 0 Å². The number of imidazole rings is 1. The number of hydrogen-bond donors (Lipinski definition) is 1. The van der Waals surface area contributed by atoms with E-state index in [9.17, 15) is 10.1 Å². The van der Waals surface area contributed by atoms with Crippen molar-refractivity contribution in [3.63, 3.8) is 0 Å². The summed E-state index contributed by atoms with van der Waals surface area (Å²) in [5, 5.41) is 21.2. The van der Waals surface area contributed by atoms with Crippen LogP contribution in [-0.2, 0) is 6.42 Å². The molecule has 29 heavy (non-hydrogen) atoms. The van der Waals surface area contributed by atoms with Gasteiger partial charge in [-0.05, 0) is 23.8 Å². The van der Waals surface area contributed by atoms with Gasteiger partial charge in [0.2, 0.25) is 6.79 Å². The molecule has 1 aliphatic heterocycles. The molecule has 0 spiro atoms. The standard InChI is InChI=1S/C19H14N6O4/c20-18-14(25(26)27)3-2-12-17(18)13(22-23-19(12)24-6-5-21-9-24)7-11-1-4-15-16(8-11)29-10-28-15/h1-6,8-9H,7,10,20H2. The van der Waals surface area contributed by atoms with Gasteiger partial charge < -0.3 is 15.2 Å². The molecule has 0 saturated heterocycles. The van der Waals surface area contributed by atoms with E-state index >= 15 is 0 Å². The Balaban J connectivity index is 1.69. The molecule has 10 heteroatoms. The minimum absolute atomic E-state index is 0.0551. The molecular formula is C19H14N6O4.